The second-order valence-electron chi connectivity index (χ2n) is 3.59. The smallest absolute Gasteiger partial charge is 0.0646 e. The summed E-state index contributed by atoms with van der Waals surface area (Å²) in [4.78, 5) is 0. The van der Waals surface area contributed by atoms with Crippen LogP contribution in [0.2, 0.25) is 0 Å². The highest BCUT2D eigenvalue weighted by Gasteiger charge is 2.28. The minimum Gasteiger partial charge on any atom is -0.392 e. The average Bonchev–Trinajstić information content (AvgIpc) is 2.33. The van der Waals surface area contributed by atoms with Gasteiger partial charge < -0.3 is 15.2 Å². The molecule has 2 atom stereocenters. The Morgan fingerprint density at radius 3 is 2.91 bits per heavy atom. The lowest BCUT2D eigenvalue weighted by atomic mass is 10.0. The number of β-amino-alcohol motifs (C(OH)–C–C–N with tert-alkyl or cyclic N) is 1. The van der Waals surface area contributed by atoms with E-state index >= 15 is 0 Å². The number of hydrogen-bond donors (Lipinski definition) is 2. The highest BCUT2D eigenvalue weighted by molar-refractivity contribution is 4.87. The van der Waals surface area contributed by atoms with E-state index in [-0.39, 0.29) is 11.6 Å². The molecule has 0 aromatic rings. The lowest BCUT2D eigenvalue weighted by Crippen LogP contribution is -2.45. The average molecular weight is 159 g/mol. The minimum absolute atomic E-state index is 0.0942. The molecule has 1 heterocycles. The molecule has 1 unspecified atom stereocenters. The van der Waals surface area contributed by atoms with E-state index in [4.69, 9.17) is 9.84 Å². The van der Waals surface area contributed by atoms with E-state index in [2.05, 4.69) is 12.2 Å². The van der Waals surface area contributed by atoms with Gasteiger partial charge in [0.25, 0.3) is 0 Å². The first kappa shape index (κ1) is 8.97. The Balaban J connectivity index is 2.23. The van der Waals surface area contributed by atoms with Gasteiger partial charge >= 0.3 is 0 Å². The van der Waals surface area contributed by atoms with Gasteiger partial charge in [0.15, 0.2) is 0 Å². The van der Waals surface area contributed by atoms with E-state index in [1.165, 1.54) is 0 Å². The van der Waals surface area contributed by atoms with Crippen molar-refractivity contribution < 1.29 is 9.84 Å². The number of aliphatic hydroxyl groups excluding tert-OH is 1. The van der Waals surface area contributed by atoms with Crippen LogP contribution < -0.4 is 5.32 Å². The molecule has 0 amide bonds. The fraction of sp³-hybridized carbons (Fsp3) is 1.00. The number of hydrogen-bond acceptors (Lipinski definition) is 3. The summed E-state index contributed by atoms with van der Waals surface area (Å²) >= 11 is 0. The fourth-order valence-corrected chi connectivity index (χ4v) is 1.20. The van der Waals surface area contributed by atoms with Gasteiger partial charge in [-0.1, -0.05) is 0 Å². The molecule has 0 bridgehead atoms. The quantitative estimate of drug-likeness (QED) is 0.615. The van der Waals surface area contributed by atoms with Gasteiger partial charge in [-0.25, -0.2) is 0 Å². The zero-order valence-corrected chi connectivity index (χ0v) is 7.26. The summed E-state index contributed by atoms with van der Waals surface area (Å²) in [6, 6.07) is 0. The number of rotatable bonds is 3. The highest BCUT2D eigenvalue weighted by Crippen LogP contribution is 2.16. The van der Waals surface area contributed by atoms with Crippen LogP contribution in [0.5, 0.6) is 0 Å². The van der Waals surface area contributed by atoms with Gasteiger partial charge in [-0.3, -0.25) is 0 Å². The second kappa shape index (κ2) is 3.52. The molecule has 1 aliphatic heterocycles. The van der Waals surface area contributed by atoms with Gasteiger partial charge in [0, 0.05) is 18.7 Å². The standard InChI is InChI=1S/C8H17NO2/c1-7(10)5-9-8(2)3-4-11-6-8/h7,9-10H,3-6H2,1-2H3/t7-,8?/m1/s1. The second-order valence-corrected chi connectivity index (χ2v) is 3.59. The zero-order chi connectivity index (χ0) is 8.32. The van der Waals surface area contributed by atoms with E-state index in [1.54, 1.807) is 6.92 Å². The number of nitrogens with one attached hydrogen (secondary N) is 1. The Hall–Kier alpha value is -0.120. The third-order valence-corrected chi connectivity index (χ3v) is 2.04. The molecule has 0 saturated carbocycles. The van der Waals surface area contributed by atoms with Gasteiger partial charge in [-0.15, -0.1) is 0 Å². The van der Waals surface area contributed by atoms with Crippen molar-refractivity contribution in [1.82, 2.24) is 5.32 Å². The predicted molar refractivity (Wildman–Crippen MR) is 43.5 cm³/mol. The lowest BCUT2D eigenvalue weighted by Gasteiger charge is -2.24. The van der Waals surface area contributed by atoms with E-state index in [0.717, 1.165) is 19.6 Å². The first-order valence-corrected chi connectivity index (χ1v) is 4.13. The van der Waals surface area contributed by atoms with Crippen LogP contribution in [0.1, 0.15) is 20.3 Å². The molecular weight excluding hydrogens is 142 g/mol. The van der Waals surface area contributed by atoms with Crippen LogP contribution in [0, 0.1) is 0 Å². The molecule has 3 nitrogen and oxygen atoms in total. The van der Waals surface area contributed by atoms with Crippen molar-refractivity contribution in [3.8, 4) is 0 Å². The van der Waals surface area contributed by atoms with Crippen LogP contribution in [-0.4, -0.2) is 36.5 Å². The third kappa shape index (κ3) is 2.77. The normalized spacial score (nSPS) is 34.1. The Bertz CT molecular complexity index is 119. The summed E-state index contributed by atoms with van der Waals surface area (Å²) in [5, 5.41) is 12.3. The van der Waals surface area contributed by atoms with Crippen molar-refractivity contribution in [2.45, 2.75) is 31.9 Å². The zero-order valence-electron chi connectivity index (χ0n) is 7.26. The SMILES string of the molecule is C[C@@H](O)CNC1(C)CCOC1. The Morgan fingerprint density at radius 2 is 2.45 bits per heavy atom. The largest absolute Gasteiger partial charge is 0.392 e. The molecule has 1 fully saturated rings. The van der Waals surface area contributed by atoms with Crippen LogP contribution in [0.3, 0.4) is 0 Å². The minimum atomic E-state index is -0.271. The third-order valence-electron chi connectivity index (χ3n) is 2.04. The molecule has 11 heavy (non-hydrogen) atoms. The van der Waals surface area contributed by atoms with Gasteiger partial charge in [-0.2, -0.15) is 0 Å². The van der Waals surface area contributed by atoms with Crippen molar-refractivity contribution >= 4 is 0 Å². The van der Waals surface area contributed by atoms with Gasteiger partial charge in [-0.05, 0) is 20.3 Å². The summed E-state index contributed by atoms with van der Waals surface area (Å²) in [5.41, 5.74) is 0.0942. The van der Waals surface area contributed by atoms with E-state index in [0.29, 0.717) is 6.54 Å². The maximum Gasteiger partial charge on any atom is 0.0646 e. The molecule has 2 N–H and O–H groups in total. The van der Waals surface area contributed by atoms with Crippen molar-refractivity contribution in [2.75, 3.05) is 19.8 Å². The van der Waals surface area contributed by atoms with Crippen LogP contribution >= 0.6 is 0 Å². The summed E-state index contributed by atoms with van der Waals surface area (Å²) in [7, 11) is 0. The molecule has 3 heteroatoms. The molecule has 0 aromatic carbocycles. The van der Waals surface area contributed by atoms with Crippen LogP contribution in [0.15, 0.2) is 0 Å². The van der Waals surface area contributed by atoms with Crippen molar-refractivity contribution in [3.63, 3.8) is 0 Å². The molecule has 0 aliphatic carbocycles. The summed E-state index contributed by atoms with van der Waals surface area (Å²) in [5.74, 6) is 0. The maximum absolute atomic E-state index is 9.02. The lowest BCUT2D eigenvalue weighted by molar-refractivity contribution is 0.150. The molecule has 1 aliphatic rings. The molecule has 0 spiro atoms. The molecular formula is C8H17NO2. The summed E-state index contributed by atoms with van der Waals surface area (Å²) < 4.78 is 5.25. The summed E-state index contributed by atoms with van der Waals surface area (Å²) in [6.07, 6.45) is 0.770. The number of aliphatic hydroxyl groups is 1. The van der Waals surface area contributed by atoms with Crippen LogP contribution in [0.25, 0.3) is 0 Å². The van der Waals surface area contributed by atoms with Crippen molar-refractivity contribution in [1.29, 1.82) is 0 Å². The Morgan fingerprint density at radius 1 is 1.73 bits per heavy atom. The first-order valence-electron chi connectivity index (χ1n) is 4.13. The van der Waals surface area contributed by atoms with Crippen LogP contribution in [0.4, 0.5) is 0 Å². The Labute approximate surface area is 67.7 Å². The maximum atomic E-state index is 9.02. The molecule has 66 valence electrons. The predicted octanol–water partition coefficient (Wildman–Crippen LogP) is 0.136. The topological polar surface area (TPSA) is 41.5 Å². The first-order chi connectivity index (χ1) is 5.12. The molecule has 0 radical (unpaired) electrons. The van der Waals surface area contributed by atoms with Gasteiger partial charge in [0.1, 0.15) is 0 Å². The molecule has 1 rings (SSSR count). The number of ether oxygens (including phenoxy) is 1. The summed E-state index contributed by atoms with van der Waals surface area (Å²) in [6.45, 7) is 6.16. The van der Waals surface area contributed by atoms with Crippen molar-refractivity contribution in [3.05, 3.63) is 0 Å². The highest BCUT2D eigenvalue weighted by atomic mass is 16.5. The Kier molecular flexibility index (Phi) is 2.87. The van der Waals surface area contributed by atoms with Crippen LogP contribution in [-0.2, 0) is 4.74 Å². The molecule has 0 aromatic heterocycles. The van der Waals surface area contributed by atoms with E-state index in [9.17, 15) is 0 Å². The van der Waals surface area contributed by atoms with E-state index < -0.39 is 0 Å². The van der Waals surface area contributed by atoms with Gasteiger partial charge in [0.2, 0.25) is 0 Å². The van der Waals surface area contributed by atoms with E-state index in [1.807, 2.05) is 0 Å². The molecule has 1 saturated heterocycles. The fourth-order valence-electron chi connectivity index (χ4n) is 1.20. The monoisotopic (exact) mass is 159 g/mol. The van der Waals surface area contributed by atoms with Crippen molar-refractivity contribution in [2.24, 2.45) is 0 Å². The van der Waals surface area contributed by atoms with Gasteiger partial charge in [0.05, 0.1) is 12.7 Å².